The van der Waals surface area contributed by atoms with E-state index in [9.17, 15) is 0 Å². The molecule has 10 nitrogen and oxygen atoms in total. The monoisotopic (exact) mass is 394 g/mol. The number of hydrogen-bond donors (Lipinski definition) is 6. The molecule has 0 heterocycles. The molecule has 0 aromatic rings. The molecule has 0 amide bonds. The Labute approximate surface area is 225 Å². The minimum atomic E-state index is -0.833. The molecule has 0 rings (SSSR count). The molecule has 0 aliphatic carbocycles. The first-order valence-corrected chi connectivity index (χ1v) is 6.59. The van der Waals surface area contributed by atoms with Crippen molar-refractivity contribution < 1.29 is 39.6 Å². The van der Waals surface area contributed by atoms with Crippen molar-refractivity contribution in [1.29, 1.82) is 0 Å². The molecule has 0 aliphatic rings. The summed E-state index contributed by atoms with van der Waals surface area (Å²) in [5.41, 5.74) is 10.3. The summed E-state index contributed by atoms with van der Waals surface area (Å²) < 4.78 is 0.301. The number of hydrogen-bond acceptors (Lipinski definition) is 6. The summed E-state index contributed by atoms with van der Waals surface area (Å²) in [7, 11) is 0. The summed E-state index contributed by atoms with van der Waals surface area (Å²) in [6.45, 7) is 4.98. The quantitative estimate of drug-likeness (QED) is 0.246. The van der Waals surface area contributed by atoms with Crippen LogP contribution in [0.25, 0.3) is 0 Å². The summed E-state index contributed by atoms with van der Waals surface area (Å²) in [6, 6.07) is 0. The predicted octanol–water partition coefficient (Wildman–Crippen LogP) is -3.18. The summed E-state index contributed by atoms with van der Waals surface area (Å²) >= 11 is 1.02. The molecule has 1 unspecified atom stereocenters. The molecule has 0 aromatic carbocycles. The van der Waals surface area contributed by atoms with Crippen molar-refractivity contribution in [3.8, 4) is 0 Å². The maximum absolute atomic E-state index is 9.00. The van der Waals surface area contributed by atoms with Gasteiger partial charge in [0, 0.05) is 27.7 Å². The molecule has 24 heavy (non-hydrogen) atoms. The number of carbonyl (C=O) groups is 4. The Balaban J connectivity index is -0.0000000216. The molecule has 0 saturated heterocycles. The van der Waals surface area contributed by atoms with Crippen molar-refractivity contribution >= 4 is 140 Å². The van der Waals surface area contributed by atoms with Crippen LogP contribution in [0.5, 0.6) is 0 Å². The predicted molar refractivity (Wildman–Crippen MR) is 97.5 cm³/mol. The summed E-state index contributed by atoms with van der Waals surface area (Å²) in [5, 5.41) is 29.7. The zero-order valence-electron chi connectivity index (χ0n) is 12.9. The fourth-order valence-corrected chi connectivity index (χ4v) is 0. The van der Waals surface area contributed by atoms with Gasteiger partial charge >= 0.3 is 138 Å². The van der Waals surface area contributed by atoms with Gasteiger partial charge in [-0.05, 0) is 0 Å². The molecule has 8 N–H and O–H groups in total. The number of carboxylic acid groups (broad SMARTS) is 4. The van der Waals surface area contributed by atoms with E-state index >= 15 is 0 Å². The van der Waals surface area contributed by atoms with Crippen LogP contribution in [-0.2, 0) is 19.2 Å². The molecule has 0 radical (unpaired) electrons. The number of rotatable bonds is 1. The van der Waals surface area contributed by atoms with Gasteiger partial charge in [-0.2, -0.15) is 0 Å². The van der Waals surface area contributed by atoms with Crippen LogP contribution < -0.4 is 11.5 Å². The first kappa shape index (κ1) is 50.1. The van der Waals surface area contributed by atoms with Gasteiger partial charge in [0.15, 0.2) is 0 Å². The van der Waals surface area contributed by atoms with Gasteiger partial charge in [-0.15, -0.1) is 0 Å². The third kappa shape index (κ3) is 857. The molecule has 0 fully saturated rings. The van der Waals surface area contributed by atoms with Crippen LogP contribution in [0.3, 0.4) is 0 Å². The van der Waals surface area contributed by atoms with Crippen LogP contribution in [0.15, 0.2) is 0 Å². The van der Waals surface area contributed by atoms with E-state index in [0.29, 0.717) is 9.84 Å². The Hall–Kier alpha value is 1.80. The zero-order chi connectivity index (χ0) is 18.6. The van der Waals surface area contributed by atoms with Crippen molar-refractivity contribution in [2.75, 3.05) is 6.54 Å². The average Bonchev–Trinajstić information content (AvgIpc) is 2.13. The van der Waals surface area contributed by atoms with Crippen LogP contribution in [0.4, 0.5) is 0 Å². The van der Waals surface area contributed by atoms with Gasteiger partial charge in [0.2, 0.25) is 0 Å². The van der Waals surface area contributed by atoms with Crippen molar-refractivity contribution in [2.24, 2.45) is 11.5 Å². The Morgan fingerprint density at radius 1 is 0.750 bits per heavy atom. The van der Waals surface area contributed by atoms with Crippen LogP contribution in [0.2, 0.25) is 0 Å². The van der Waals surface area contributed by atoms with Crippen LogP contribution in [0, 0.1) is 0 Å². The van der Waals surface area contributed by atoms with Gasteiger partial charge in [0.1, 0.15) is 0 Å². The summed E-state index contributed by atoms with van der Waals surface area (Å²) in [6.07, 6.45) is 0. The molecule has 0 aromatic heterocycles. The molecule has 1 atom stereocenters. The van der Waals surface area contributed by atoms with E-state index in [0.717, 1.165) is 55.6 Å². The van der Waals surface area contributed by atoms with Gasteiger partial charge < -0.3 is 20.4 Å². The second kappa shape index (κ2) is 44.3. The molecular weight excluding hydrogens is 368 g/mol. The number of nitrogens with two attached hydrogens (primary N) is 2. The van der Waals surface area contributed by atoms with Crippen molar-refractivity contribution in [2.45, 2.75) is 31.0 Å². The molecule has 0 spiro atoms. The first-order chi connectivity index (χ1) is 9.20. The maximum atomic E-state index is 9.00. The van der Waals surface area contributed by atoms with Gasteiger partial charge in [0.05, 0.1) is 0 Å². The summed E-state index contributed by atoms with van der Waals surface area (Å²) in [4.78, 5) is 36.0. The first-order valence-electron chi connectivity index (χ1n) is 5.44. The third-order valence-corrected chi connectivity index (χ3v) is 0.843. The van der Waals surface area contributed by atoms with Gasteiger partial charge in [-0.3, -0.25) is 19.2 Å². The molecule has 0 saturated carbocycles. The molecule has 128 valence electrons. The topological polar surface area (TPSA) is 201 Å². The molecular formula is C10H26N2Na4O8. The fourth-order valence-electron chi connectivity index (χ4n) is 0. The Morgan fingerprint density at radius 2 is 0.792 bits per heavy atom. The van der Waals surface area contributed by atoms with E-state index in [-0.39, 0.29) is 88.7 Å². The standard InChI is InChI=1S/C2H7N2.4C2H4O2.4Na.3H/c3-1-2-4;4*1-2(3)4;;;;;;;/h1H,2-4H2;4*1H3,(H,3,4);;;;;;;. The van der Waals surface area contributed by atoms with E-state index in [1.165, 1.54) is 0 Å². The molecule has 0 aliphatic heterocycles. The van der Waals surface area contributed by atoms with E-state index in [2.05, 4.69) is 0 Å². The Kier molecular flexibility index (Phi) is 92.5. The van der Waals surface area contributed by atoms with E-state index in [1.54, 1.807) is 0 Å². The summed E-state index contributed by atoms with van der Waals surface area (Å²) in [5.74, 6) is -3.33. The van der Waals surface area contributed by atoms with E-state index in [4.69, 9.17) is 51.1 Å². The van der Waals surface area contributed by atoms with Crippen molar-refractivity contribution in [3.63, 3.8) is 0 Å². The van der Waals surface area contributed by atoms with Crippen LogP contribution in [0.1, 0.15) is 27.7 Å². The van der Waals surface area contributed by atoms with E-state index in [1.807, 2.05) is 0 Å². The van der Waals surface area contributed by atoms with E-state index < -0.39 is 23.9 Å². The van der Waals surface area contributed by atoms with Crippen molar-refractivity contribution in [1.82, 2.24) is 0 Å². The third-order valence-electron chi connectivity index (χ3n) is 0.372. The van der Waals surface area contributed by atoms with Gasteiger partial charge in [-0.1, -0.05) is 0 Å². The minimum absolute atomic E-state index is 0. The Morgan fingerprint density at radius 3 is 0.792 bits per heavy atom. The fraction of sp³-hybridized carbons (Fsp3) is 0.600. The molecule has 14 heteroatoms. The van der Waals surface area contributed by atoms with Gasteiger partial charge in [0.25, 0.3) is 23.9 Å². The van der Waals surface area contributed by atoms with Crippen molar-refractivity contribution in [3.05, 3.63) is 0 Å². The zero-order valence-corrected chi connectivity index (χ0v) is 14.9. The SMILES string of the molecule is CC(=O)O.CC(=O)O.CC(=O)O.CC(=O)O.NC[CH](N)[Na].[NaH].[NaH].[NaH]. The van der Waals surface area contributed by atoms with Gasteiger partial charge in [-0.25, -0.2) is 0 Å². The second-order valence-corrected chi connectivity index (χ2v) is 4.77. The average molecular weight is 394 g/mol. The second-order valence-electron chi connectivity index (χ2n) is 3.29. The Bertz CT molecular complexity index is 230. The number of aliphatic carboxylic acids is 4. The number of carboxylic acids is 4. The normalized spacial score (nSPS) is 7.33. The van der Waals surface area contributed by atoms with Crippen LogP contribution >= 0.6 is 0 Å². The van der Waals surface area contributed by atoms with Crippen LogP contribution in [-0.4, -0.2) is 171 Å². The molecule has 0 bridgehead atoms.